The summed E-state index contributed by atoms with van der Waals surface area (Å²) in [5.41, 5.74) is 3.90. The Morgan fingerprint density at radius 1 is 1.69 bits per heavy atom. The van der Waals surface area contributed by atoms with Crippen molar-refractivity contribution in [2.24, 2.45) is 5.18 Å². The number of aromatic amines is 1. The van der Waals surface area contributed by atoms with Gasteiger partial charge in [-0.3, -0.25) is 15.1 Å². The maximum Gasteiger partial charge on any atom is 0.284 e. The number of nitriles is 1. The van der Waals surface area contributed by atoms with Gasteiger partial charge in [-0.15, -0.1) is 4.91 Å². The molecule has 0 aliphatic heterocycles. The van der Waals surface area contributed by atoms with Crippen LogP contribution in [0.2, 0.25) is 0 Å². The van der Waals surface area contributed by atoms with Crippen LogP contribution in [0.15, 0.2) is 9.97 Å². The van der Waals surface area contributed by atoms with Crippen LogP contribution in [0.1, 0.15) is 0 Å². The number of nitrogen functional groups attached to an aromatic ring is 1. The van der Waals surface area contributed by atoms with Crippen LogP contribution in [0.4, 0.5) is 17.5 Å². The first-order valence-electron chi connectivity index (χ1n) is 3.07. The molecular weight excluding hydrogens is 176 g/mol. The van der Waals surface area contributed by atoms with Crippen molar-refractivity contribution in [3.8, 4) is 6.19 Å². The second-order valence-corrected chi connectivity index (χ2v) is 1.98. The van der Waals surface area contributed by atoms with E-state index >= 15 is 0 Å². The molecule has 1 rings (SSSR count). The SMILES string of the molecule is N#CNc1nc(N)c(N=O)c(=O)[nH]1. The number of H-pyrrole nitrogens is 1. The standard InChI is InChI=1S/C5H4N6O2/c6-1-8-5-9-3(7)2(11-13)4(12)10-5/h(H4,7,8,9,10,12). The number of rotatable bonds is 2. The van der Waals surface area contributed by atoms with E-state index in [0.29, 0.717) is 0 Å². The quantitative estimate of drug-likeness (QED) is 0.323. The van der Waals surface area contributed by atoms with Gasteiger partial charge in [-0.2, -0.15) is 10.2 Å². The zero-order valence-corrected chi connectivity index (χ0v) is 6.24. The van der Waals surface area contributed by atoms with Crippen molar-refractivity contribution in [3.63, 3.8) is 0 Å². The predicted octanol–water partition coefficient (Wildman–Crippen LogP) is -0.357. The molecule has 0 aliphatic rings. The van der Waals surface area contributed by atoms with Crippen LogP contribution in [0, 0.1) is 16.4 Å². The van der Waals surface area contributed by atoms with E-state index in [9.17, 15) is 9.70 Å². The molecule has 0 bridgehead atoms. The smallest absolute Gasteiger partial charge is 0.284 e. The summed E-state index contributed by atoms with van der Waals surface area (Å²) in [6.45, 7) is 0. The van der Waals surface area contributed by atoms with E-state index in [2.05, 4.69) is 20.5 Å². The lowest BCUT2D eigenvalue weighted by molar-refractivity contribution is 1.12. The number of nitrogens with two attached hydrogens (primary N) is 1. The van der Waals surface area contributed by atoms with Crippen molar-refractivity contribution in [2.45, 2.75) is 0 Å². The topological polar surface area (TPSA) is 137 Å². The molecule has 1 aromatic heterocycles. The zero-order valence-electron chi connectivity index (χ0n) is 6.24. The lowest BCUT2D eigenvalue weighted by Crippen LogP contribution is -2.12. The molecule has 0 atom stereocenters. The largest absolute Gasteiger partial charge is 0.382 e. The summed E-state index contributed by atoms with van der Waals surface area (Å²) in [7, 11) is 0. The maximum atomic E-state index is 10.9. The summed E-state index contributed by atoms with van der Waals surface area (Å²) in [4.78, 5) is 26.6. The average Bonchev–Trinajstić information content (AvgIpc) is 2.04. The van der Waals surface area contributed by atoms with E-state index in [1.807, 2.05) is 0 Å². The number of hydrogen-bond acceptors (Lipinski definition) is 7. The minimum absolute atomic E-state index is 0.127. The van der Waals surface area contributed by atoms with Gasteiger partial charge in [0.25, 0.3) is 5.56 Å². The monoisotopic (exact) mass is 180 g/mol. The Kier molecular flexibility index (Phi) is 2.21. The summed E-state index contributed by atoms with van der Waals surface area (Å²) in [5, 5.41) is 12.6. The number of hydrogen-bond donors (Lipinski definition) is 3. The van der Waals surface area contributed by atoms with Crippen LogP contribution < -0.4 is 16.6 Å². The summed E-state index contributed by atoms with van der Waals surface area (Å²) < 4.78 is 0. The fourth-order valence-corrected chi connectivity index (χ4v) is 0.685. The Morgan fingerprint density at radius 3 is 2.85 bits per heavy atom. The van der Waals surface area contributed by atoms with Gasteiger partial charge in [-0.05, 0) is 5.18 Å². The molecule has 0 saturated heterocycles. The first-order valence-corrected chi connectivity index (χ1v) is 3.07. The zero-order chi connectivity index (χ0) is 9.84. The molecule has 66 valence electrons. The Morgan fingerprint density at radius 2 is 2.38 bits per heavy atom. The highest BCUT2D eigenvalue weighted by Gasteiger charge is 2.08. The number of aromatic nitrogens is 2. The van der Waals surface area contributed by atoms with Crippen LogP contribution in [-0.2, 0) is 0 Å². The van der Waals surface area contributed by atoms with Crippen LogP contribution in [0.25, 0.3) is 0 Å². The van der Waals surface area contributed by atoms with Gasteiger partial charge in [0.2, 0.25) is 11.6 Å². The fourth-order valence-electron chi connectivity index (χ4n) is 0.685. The van der Waals surface area contributed by atoms with Gasteiger partial charge < -0.3 is 5.73 Å². The normalized spacial score (nSPS) is 8.85. The molecule has 8 heteroatoms. The molecule has 0 aliphatic carbocycles. The molecule has 1 aromatic rings. The number of nitroso groups, excluding NO2 is 1. The van der Waals surface area contributed by atoms with Gasteiger partial charge in [0.15, 0.2) is 12.0 Å². The Bertz CT molecular complexity index is 430. The lowest BCUT2D eigenvalue weighted by Gasteiger charge is -1.98. The molecule has 13 heavy (non-hydrogen) atoms. The molecule has 0 aromatic carbocycles. The third-order valence-corrected chi connectivity index (χ3v) is 1.19. The molecule has 4 N–H and O–H groups in total. The average molecular weight is 180 g/mol. The van der Waals surface area contributed by atoms with E-state index in [0.717, 1.165) is 0 Å². The van der Waals surface area contributed by atoms with Crippen molar-refractivity contribution < 1.29 is 0 Å². The van der Waals surface area contributed by atoms with Crippen molar-refractivity contribution in [3.05, 3.63) is 15.3 Å². The van der Waals surface area contributed by atoms with Gasteiger partial charge in [0.05, 0.1) is 0 Å². The summed E-state index contributed by atoms with van der Waals surface area (Å²) in [6.07, 6.45) is 1.53. The predicted molar refractivity (Wildman–Crippen MR) is 44.0 cm³/mol. The number of nitrogens with one attached hydrogen (secondary N) is 2. The molecular formula is C5H4N6O2. The molecule has 0 fully saturated rings. The molecule has 0 unspecified atom stereocenters. The van der Waals surface area contributed by atoms with E-state index in [1.165, 1.54) is 6.19 Å². The third-order valence-electron chi connectivity index (χ3n) is 1.19. The van der Waals surface area contributed by atoms with Gasteiger partial charge in [-0.25, -0.2) is 0 Å². The molecule has 1 heterocycles. The highest BCUT2D eigenvalue weighted by atomic mass is 16.3. The van der Waals surface area contributed by atoms with Crippen LogP contribution >= 0.6 is 0 Å². The second kappa shape index (κ2) is 3.31. The fraction of sp³-hybridized carbons (Fsp3) is 0. The highest BCUT2D eigenvalue weighted by molar-refractivity contribution is 5.57. The van der Waals surface area contributed by atoms with Crippen LogP contribution in [-0.4, -0.2) is 9.97 Å². The van der Waals surface area contributed by atoms with Crippen molar-refractivity contribution in [1.82, 2.24) is 9.97 Å². The minimum atomic E-state index is -0.791. The van der Waals surface area contributed by atoms with Crippen LogP contribution in [0.5, 0.6) is 0 Å². The molecule has 0 saturated carbocycles. The highest BCUT2D eigenvalue weighted by Crippen LogP contribution is 2.13. The molecule has 0 amide bonds. The van der Waals surface area contributed by atoms with E-state index in [1.54, 1.807) is 0 Å². The van der Waals surface area contributed by atoms with E-state index in [4.69, 9.17) is 11.0 Å². The third kappa shape index (κ3) is 1.59. The van der Waals surface area contributed by atoms with Gasteiger partial charge >= 0.3 is 0 Å². The van der Waals surface area contributed by atoms with Crippen molar-refractivity contribution in [2.75, 3.05) is 11.1 Å². The maximum absolute atomic E-state index is 10.9. The number of nitrogens with zero attached hydrogens (tertiary/aromatic N) is 3. The first kappa shape index (κ1) is 8.66. The van der Waals surface area contributed by atoms with Crippen molar-refractivity contribution in [1.29, 1.82) is 5.26 Å². The van der Waals surface area contributed by atoms with Gasteiger partial charge in [0.1, 0.15) is 0 Å². The summed E-state index contributed by atoms with van der Waals surface area (Å²) >= 11 is 0. The van der Waals surface area contributed by atoms with E-state index < -0.39 is 11.2 Å². The molecule has 8 nitrogen and oxygen atoms in total. The Balaban J connectivity index is 3.30. The van der Waals surface area contributed by atoms with Gasteiger partial charge in [-0.1, -0.05) is 0 Å². The van der Waals surface area contributed by atoms with Crippen molar-refractivity contribution >= 4 is 17.5 Å². The lowest BCUT2D eigenvalue weighted by atomic mass is 10.5. The summed E-state index contributed by atoms with van der Waals surface area (Å²) in [5.74, 6) is -0.450. The Hall–Kier alpha value is -2.43. The first-order chi connectivity index (χ1) is 6.19. The second-order valence-electron chi connectivity index (χ2n) is 1.98. The summed E-state index contributed by atoms with van der Waals surface area (Å²) in [6, 6.07) is 0. The Labute approximate surface area is 71.4 Å². The van der Waals surface area contributed by atoms with Crippen LogP contribution in [0.3, 0.4) is 0 Å². The number of anilines is 2. The minimum Gasteiger partial charge on any atom is -0.382 e. The molecule has 0 spiro atoms. The van der Waals surface area contributed by atoms with Gasteiger partial charge in [0, 0.05) is 0 Å². The van der Waals surface area contributed by atoms with E-state index in [-0.39, 0.29) is 11.8 Å². The molecule has 0 radical (unpaired) electrons.